The Morgan fingerprint density at radius 3 is 2.71 bits per heavy atom. The molecule has 1 heterocycles. The first kappa shape index (κ1) is 16.1. The van der Waals surface area contributed by atoms with Gasteiger partial charge in [-0.2, -0.15) is 13.2 Å². The minimum Gasteiger partial charge on any atom is -0.468 e. The van der Waals surface area contributed by atoms with E-state index in [0.717, 1.165) is 25.1 Å². The van der Waals surface area contributed by atoms with Gasteiger partial charge in [-0.25, -0.2) is 4.98 Å². The van der Waals surface area contributed by atoms with Crippen molar-refractivity contribution in [2.45, 2.75) is 36.1 Å². The SMILES string of the molecule is COC(=O)C(CSc1ccc(C(F)(F)F)cn1)NC1CC1. The molecule has 0 aliphatic heterocycles. The summed E-state index contributed by atoms with van der Waals surface area (Å²) < 4.78 is 42.0. The molecule has 1 aliphatic rings. The van der Waals surface area contributed by atoms with Gasteiger partial charge in [0.2, 0.25) is 0 Å². The molecule has 0 saturated heterocycles. The number of hydrogen-bond acceptors (Lipinski definition) is 5. The van der Waals surface area contributed by atoms with Crippen molar-refractivity contribution < 1.29 is 22.7 Å². The summed E-state index contributed by atoms with van der Waals surface area (Å²) in [5.41, 5.74) is -0.785. The zero-order valence-electron chi connectivity index (χ0n) is 11.3. The van der Waals surface area contributed by atoms with Crippen molar-refractivity contribution in [2.24, 2.45) is 0 Å². The fourth-order valence-electron chi connectivity index (χ4n) is 1.66. The molecule has 1 atom stereocenters. The standard InChI is InChI=1S/C13H15F3N2O2S/c1-20-12(19)10(18-9-3-4-9)7-21-11-5-2-8(6-17-11)13(14,15)16/h2,5-6,9-10,18H,3-4,7H2,1H3. The first-order valence-corrected chi connectivity index (χ1v) is 7.38. The van der Waals surface area contributed by atoms with Crippen LogP contribution in [0.25, 0.3) is 0 Å². The highest BCUT2D eigenvalue weighted by Crippen LogP contribution is 2.29. The topological polar surface area (TPSA) is 51.2 Å². The first-order chi connectivity index (χ1) is 9.90. The number of pyridine rings is 1. The quantitative estimate of drug-likeness (QED) is 0.645. The summed E-state index contributed by atoms with van der Waals surface area (Å²) in [5.74, 6) is -0.0111. The van der Waals surface area contributed by atoms with Gasteiger partial charge in [0.15, 0.2) is 0 Å². The number of alkyl halides is 3. The molecule has 21 heavy (non-hydrogen) atoms. The Morgan fingerprint density at radius 2 is 2.24 bits per heavy atom. The van der Waals surface area contributed by atoms with Crippen LogP contribution in [0.3, 0.4) is 0 Å². The van der Waals surface area contributed by atoms with Crippen LogP contribution in [0, 0.1) is 0 Å². The van der Waals surface area contributed by atoms with Crippen molar-refractivity contribution in [1.82, 2.24) is 10.3 Å². The molecule has 1 aromatic rings. The third-order valence-corrected chi connectivity index (χ3v) is 4.00. The molecule has 1 aromatic heterocycles. The lowest BCUT2D eigenvalue weighted by atomic mass is 10.3. The van der Waals surface area contributed by atoms with Crippen molar-refractivity contribution in [1.29, 1.82) is 0 Å². The molecule has 0 spiro atoms. The second-order valence-corrected chi connectivity index (χ2v) is 5.75. The van der Waals surface area contributed by atoms with Gasteiger partial charge in [-0.15, -0.1) is 11.8 Å². The van der Waals surface area contributed by atoms with E-state index >= 15 is 0 Å². The van der Waals surface area contributed by atoms with Crippen LogP contribution in [0.15, 0.2) is 23.4 Å². The molecule has 0 amide bonds. The third-order valence-electron chi connectivity index (χ3n) is 2.96. The van der Waals surface area contributed by atoms with Crippen LogP contribution >= 0.6 is 11.8 Å². The van der Waals surface area contributed by atoms with Crippen LogP contribution in [0.2, 0.25) is 0 Å². The summed E-state index contributed by atoms with van der Waals surface area (Å²) >= 11 is 1.22. The van der Waals surface area contributed by atoms with Gasteiger partial charge < -0.3 is 10.1 Å². The molecule has 1 fully saturated rings. The predicted octanol–water partition coefficient (Wildman–Crippen LogP) is 2.49. The summed E-state index contributed by atoms with van der Waals surface area (Å²) in [5, 5.41) is 3.58. The molecule has 0 bridgehead atoms. The summed E-state index contributed by atoms with van der Waals surface area (Å²) in [6.07, 6.45) is -1.55. The average molecular weight is 320 g/mol. The molecular formula is C13H15F3N2O2S. The van der Waals surface area contributed by atoms with E-state index < -0.39 is 17.8 Å². The molecule has 4 nitrogen and oxygen atoms in total. The van der Waals surface area contributed by atoms with E-state index in [4.69, 9.17) is 4.74 Å². The van der Waals surface area contributed by atoms with Gasteiger partial charge in [-0.1, -0.05) is 0 Å². The Balaban J connectivity index is 1.92. The molecule has 0 aromatic carbocycles. The summed E-state index contributed by atoms with van der Waals surface area (Å²) in [7, 11) is 1.31. The number of rotatable bonds is 6. The minimum atomic E-state index is -4.39. The van der Waals surface area contributed by atoms with Crippen molar-refractivity contribution in [3.63, 3.8) is 0 Å². The number of carbonyl (C=O) groups is 1. The zero-order chi connectivity index (χ0) is 15.5. The van der Waals surface area contributed by atoms with Crippen LogP contribution in [0.4, 0.5) is 13.2 Å². The molecule has 1 N–H and O–H groups in total. The molecule has 1 aliphatic carbocycles. The molecular weight excluding hydrogens is 305 g/mol. The van der Waals surface area contributed by atoms with E-state index in [2.05, 4.69) is 10.3 Å². The highest BCUT2D eigenvalue weighted by atomic mass is 32.2. The van der Waals surface area contributed by atoms with E-state index in [0.29, 0.717) is 16.8 Å². The number of methoxy groups -OCH3 is 1. The summed E-state index contributed by atoms with van der Waals surface area (Å²) in [6, 6.07) is 2.14. The Labute approximate surface area is 124 Å². The number of nitrogens with zero attached hydrogens (tertiary/aromatic N) is 1. The Kier molecular flexibility index (Phi) is 5.10. The van der Waals surface area contributed by atoms with Gasteiger partial charge in [-0.05, 0) is 25.0 Å². The maximum atomic E-state index is 12.4. The van der Waals surface area contributed by atoms with Gasteiger partial charge in [-0.3, -0.25) is 4.79 Å². The normalized spacial score (nSPS) is 16.6. The fourth-order valence-corrected chi connectivity index (χ4v) is 2.52. The van der Waals surface area contributed by atoms with E-state index in [1.807, 2.05) is 0 Å². The molecule has 2 rings (SSSR count). The summed E-state index contributed by atoms with van der Waals surface area (Å²) in [6.45, 7) is 0. The number of hydrogen-bond donors (Lipinski definition) is 1. The monoisotopic (exact) mass is 320 g/mol. The van der Waals surface area contributed by atoms with Crippen LogP contribution < -0.4 is 5.32 Å². The fraction of sp³-hybridized carbons (Fsp3) is 0.538. The van der Waals surface area contributed by atoms with Crippen molar-refractivity contribution in [2.75, 3.05) is 12.9 Å². The second kappa shape index (κ2) is 6.65. The highest BCUT2D eigenvalue weighted by Gasteiger charge is 2.31. The van der Waals surface area contributed by atoms with Crippen molar-refractivity contribution in [3.05, 3.63) is 23.9 Å². The molecule has 8 heteroatoms. The van der Waals surface area contributed by atoms with Gasteiger partial charge >= 0.3 is 12.1 Å². The molecule has 1 saturated carbocycles. The number of halogens is 3. The van der Waals surface area contributed by atoms with E-state index in [9.17, 15) is 18.0 Å². The van der Waals surface area contributed by atoms with Crippen LogP contribution in [-0.4, -0.2) is 35.9 Å². The Hall–Kier alpha value is -1.28. The van der Waals surface area contributed by atoms with E-state index in [-0.39, 0.29) is 5.97 Å². The van der Waals surface area contributed by atoms with Crippen LogP contribution in [-0.2, 0) is 15.7 Å². The highest BCUT2D eigenvalue weighted by molar-refractivity contribution is 7.99. The lowest BCUT2D eigenvalue weighted by Crippen LogP contribution is -2.41. The largest absolute Gasteiger partial charge is 0.468 e. The van der Waals surface area contributed by atoms with Gasteiger partial charge in [0.1, 0.15) is 6.04 Å². The maximum absolute atomic E-state index is 12.4. The molecule has 1 unspecified atom stereocenters. The zero-order valence-corrected chi connectivity index (χ0v) is 12.1. The van der Waals surface area contributed by atoms with Crippen LogP contribution in [0.1, 0.15) is 18.4 Å². The lowest BCUT2D eigenvalue weighted by molar-refractivity contribution is -0.142. The Bertz CT molecular complexity index is 489. The number of ether oxygens (including phenoxy) is 1. The Morgan fingerprint density at radius 1 is 1.52 bits per heavy atom. The predicted molar refractivity (Wildman–Crippen MR) is 71.9 cm³/mol. The maximum Gasteiger partial charge on any atom is 0.417 e. The van der Waals surface area contributed by atoms with Crippen LogP contribution in [0.5, 0.6) is 0 Å². The smallest absolute Gasteiger partial charge is 0.417 e. The number of thioether (sulfide) groups is 1. The van der Waals surface area contributed by atoms with Gasteiger partial charge in [0.05, 0.1) is 17.7 Å². The first-order valence-electron chi connectivity index (χ1n) is 6.40. The number of nitrogens with one attached hydrogen (secondary N) is 1. The molecule has 116 valence electrons. The van der Waals surface area contributed by atoms with Gasteiger partial charge in [0.25, 0.3) is 0 Å². The number of carbonyl (C=O) groups excluding carboxylic acids is 1. The summed E-state index contributed by atoms with van der Waals surface area (Å²) in [4.78, 5) is 15.4. The van der Waals surface area contributed by atoms with Gasteiger partial charge in [0, 0.05) is 18.0 Å². The van der Waals surface area contributed by atoms with E-state index in [1.54, 1.807) is 0 Å². The molecule has 0 radical (unpaired) electrons. The average Bonchev–Trinajstić information content (AvgIpc) is 3.26. The second-order valence-electron chi connectivity index (χ2n) is 4.71. The lowest BCUT2D eigenvalue weighted by Gasteiger charge is -2.15. The van der Waals surface area contributed by atoms with E-state index in [1.165, 1.54) is 24.9 Å². The number of esters is 1. The van der Waals surface area contributed by atoms with Crippen molar-refractivity contribution >= 4 is 17.7 Å². The number of aromatic nitrogens is 1. The van der Waals surface area contributed by atoms with Crippen molar-refractivity contribution in [3.8, 4) is 0 Å². The minimum absolute atomic E-state index is 0.329. The third kappa shape index (κ3) is 4.89.